The normalized spacial score (nSPS) is 9.22. The molecular formula is C12H14N2O3S. The highest BCUT2D eigenvalue weighted by Gasteiger charge is 2.06. The Morgan fingerprint density at radius 2 is 2.11 bits per heavy atom. The highest BCUT2D eigenvalue weighted by Crippen LogP contribution is 2.13. The van der Waals surface area contributed by atoms with Gasteiger partial charge in [0.15, 0.2) is 0 Å². The molecule has 1 aromatic rings. The maximum atomic E-state index is 11.7. The molecule has 1 aromatic heterocycles. The number of carbonyl (C=O) groups excluding carboxylic acids is 2. The van der Waals surface area contributed by atoms with Gasteiger partial charge in [0.1, 0.15) is 6.61 Å². The second-order valence-corrected chi connectivity index (χ2v) is 4.31. The summed E-state index contributed by atoms with van der Waals surface area (Å²) in [5, 5.41) is 15.5. The average Bonchev–Trinajstić information content (AvgIpc) is 2.80. The van der Waals surface area contributed by atoms with Crippen LogP contribution < -0.4 is 10.6 Å². The molecule has 0 aliphatic carbocycles. The zero-order valence-corrected chi connectivity index (χ0v) is 10.8. The maximum Gasteiger partial charge on any atom is 0.252 e. The third kappa shape index (κ3) is 4.99. The Bertz CT molecular complexity index is 485. The molecule has 0 spiro atoms. The van der Waals surface area contributed by atoms with E-state index < -0.39 is 0 Å². The van der Waals surface area contributed by atoms with Gasteiger partial charge in [-0.1, -0.05) is 11.8 Å². The third-order valence-electron chi connectivity index (χ3n) is 1.94. The molecule has 1 heterocycles. The van der Waals surface area contributed by atoms with Crippen molar-refractivity contribution in [2.45, 2.75) is 6.92 Å². The molecule has 6 heteroatoms. The van der Waals surface area contributed by atoms with E-state index in [1.807, 2.05) is 0 Å². The number of carbonyl (C=O) groups is 2. The van der Waals surface area contributed by atoms with Gasteiger partial charge in [-0.15, -0.1) is 11.3 Å². The number of amides is 2. The van der Waals surface area contributed by atoms with Crippen LogP contribution in [0.1, 0.15) is 22.2 Å². The summed E-state index contributed by atoms with van der Waals surface area (Å²) in [5.74, 6) is 4.93. The summed E-state index contributed by atoms with van der Waals surface area (Å²) in [7, 11) is 0. The smallest absolute Gasteiger partial charge is 0.252 e. The fourth-order valence-electron chi connectivity index (χ4n) is 1.16. The summed E-state index contributed by atoms with van der Waals surface area (Å²) in [5.41, 5.74) is 0.532. The molecule has 1 rings (SSSR count). The van der Waals surface area contributed by atoms with Crippen molar-refractivity contribution < 1.29 is 14.7 Å². The van der Waals surface area contributed by atoms with Crippen LogP contribution >= 0.6 is 11.3 Å². The van der Waals surface area contributed by atoms with E-state index in [2.05, 4.69) is 22.5 Å². The molecule has 3 N–H and O–H groups in total. The van der Waals surface area contributed by atoms with E-state index in [0.29, 0.717) is 18.7 Å². The Labute approximate surface area is 109 Å². The van der Waals surface area contributed by atoms with E-state index in [0.717, 1.165) is 4.88 Å². The largest absolute Gasteiger partial charge is 0.384 e. The summed E-state index contributed by atoms with van der Waals surface area (Å²) in [4.78, 5) is 23.0. The Morgan fingerprint density at radius 1 is 1.39 bits per heavy atom. The number of hydrogen-bond acceptors (Lipinski definition) is 4. The van der Waals surface area contributed by atoms with E-state index >= 15 is 0 Å². The second kappa shape index (κ2) is 7.48. The van der Waals surface area contributed by atoms with Crippen LogP contribution in [0.4, 0.5) is 0 Å². The molecule has 0 bridgehead atoms. The van der Waals surface area contributed by atoms with Crippen molar-refractivity contribution >= 4 is 23.2 Å². The van der Waals surface area contributed by atoms with Crippen LogP contribution in [0, 0.1) is 11.8 Å². The Hall–Kier alpha value is -1.84. The van der Waals surface area contributed by atoms with Gasteiger partial charge in [0.05, 0.1) is 10.4 Å². The molecule has 18 heavy (non-hydrogen) atoms. The number of rotatable bonds is 4. The first kappa shape index (κ1) is 14.2. The van der Waals surface area contributed by atoms with Crippen molar-refractivity contribution in [2.75, 3.05) is 19.7 Å². The van der Waals surface area contributed by atoms with Crippen LogP contribution in [0.3, 0.4) is 0 Å². The van der Waals surface area contributed by atoms with Crippen LogP contribution in [0.25, 0.3) is 0 Å². The van der Waals surface area contributed by atoms with Gasteiger partial charge in [0.25, 0.3) is 5.91 Å². The van der Waals surface area contributed by atoms with E-state index in [1.165, 1.54) is 18.3 Å². The molecule has 0 atom stereocenters. The third-order valence-corrected chi connectivity index (χ3v) is 2.78. The minimum Gasteiger partial charge on any atom is -0.384 e. The number of thiophene rings is 1. The lowest BCUT2D eigenvalue weighted by molar-refractivity contribution is -0.118. The van der Waals surface area contributed by atoms with Crippen LogP contribution in [0.2, 0.25) is 0 Å². The number of aliphatic hydroxyl groups is 1. The molecule has 0 aliphatic heterocycles. The predicted molar refractivity (Wildman–Crippen MR) is 69.3 cm³/mol. The van der Waals surface area contributed by atoms with Gasteiger partial charge in [-0.2, -0.15) is 0 Å². The van der Waals surface area contributed by atoms with E-state index in [1.54, 1.807) is 11.4 Å². The monoisotopic (exact) mass is 266 g/mol. The molecule has 0 unspecified atom stereocenters. The lowest BCUT2D eigenvalue weighted by Gasteiger charge is -2.03. The molecule has 0 fully saturated rings. The maximum absolute atomic E-state index is 11.7. The van der Waals surface area contributed by atoms with Crippen molar-refractivity contribution in [1.29, 1.82) is 0 Å². The quantitative estimate of drug-likeness (QED) is 0.528. The van der Waals surface area contributed by atoms with E-state index in [-0.39, 0.29) is 18.4 Å². The summed E-state index contributed by atoms with van der Waals surface area (Å²) in [6.45, 7) is 2.01. The van der Waals surface area contributed by atoms with Gasteiger partial charge < -0.3 is 15.7 Å². The first-order valence-corrected chi connectivity index (χ1v) is 6.22. The molecule has 0 aliphatic rings. The molecule has 0 saturated carbocycles. The molecule has 0 aromatic carbocycles. The molecule has 0 saturated heterocycles. The Kier molecular flexibility index (Phi) is 5.91. The predicted octanol–water partition coefficient (Wildman–Crippen LogP) is -0.0422. The molecule has 0 radical (unpaired) electrons. The SMILES string of the molecule is CC(=O)NCCNC(=O)c1csc(C#CCO)c1. The van der Waals surface area contributed by atoms with Gasteiger partial charge in [-0.3, -0.25) is 9.59 Å². The van der Waals surface area contributed by atoms with Crippen LogP contribution in [-0.4, -0.2) is 36.6 Å². The van der Waals surface area contributed by atoms with Gasteiger partial charge in [0, 0.05) is 25.4 Å². The topological polar surface area (TPSA) is 78.4 Å². The second-order valence-electron chi connectivity index (χ2n) is 3.40. The van der Waals surface area contributed by atoms with Crippen LogP contribution in [0.15, 0.2) is 11.4 Å². The highest BCUT2D eigenvalue weighted by atomic mass is 32.1. The van der Waals surface area contributed by atoms with Gasteiger partial charge in [0.2, 0.25) is 5.91 Å². The van der Waals surface area contributed by atoms with Crippen molar-refractivity contribution in [2.24, 2.45) is 0 Å². The zero-order chi connectivity index (χ0) is 13.4. The molecule has 96 valence electrons. The number of aliphatic hydroxyl groups excluding tert-OH is 1. The van der Waals surface area contributed by atoms with Gasteiger partial charge in [-0.25, -0.2) is 0 Å². The van der Waals surface area contributed by atoms with E-state index in [4.69, 9.17) is 5.11 Å². The van der Waals surface area contributed by atoms with Crippen LogP contribution in [0.5, 0.6) is 0 Å². The number of nitrogens with one attached hydrogen (secondary N) is 2. The van der Waals surface area contributed by atoms with Gasteiger partial charge in [-0.05, 0) is 6.07 Å². The molecular weight excluding hydrogens is 252 g/mol. The van der Waals surface area contributed by atoms with Gasteiger partial charge >= 0.3 is 0 Å². The van der Waals surface area contributed by atoms with Crippen molar-refractivity contribution in [1.82, 2.24) is 10.6 Å². The summed E-state index contributed by atoms with van der Waals surface area (Å²) >= 11 is 1.35. The first-order chi connectivity index (χ1) is 8.63. The molecule has 5 nitrogen and oxygen atoms in total. The summed E-state index contributed by atoms with van der Waals surface area (Å²) in [6.07, 6.45) is 0. The van der Waals surface area contributed by atoms with Crippen molar-refractivity contribution in [3.63, 3.8) is 0 Å². The standard InChI is InChI=1S/C12H14N2O3S/c1-9(16)13-4-5-14-12(17)10-7-11(18-8-10)3-2-6-15/h7-8,15H,4-6H2,1H3,(H,13,16)(H,14,17). The Morgan fingerprint density at radius 3 is 2.78 bits per heavy atom. The van der Waals surface area contributed by atoms with E-state index in [9.17, 15) is 9.59 Å². The highest BCUT2D eigenvalue weighted by molar-refractivity contribution is 7.10. The van der Waals surface area contributed by atoms with Crippen LogP contribution in [-0.2, 0) is 4.79 Å². The molecule has 2 amide bonds. The lowest BCUT2D eigenvalue weighted by Crippen LogP contribution is -2.33. The van der Waals surface area contributed by atoms with Crippen molar-refractivity contribution in [3.8, 4) is 11.8 Å². The summed E-state index contributed by atoms with van der Waals surface area (Å²) in [6, 6.07) is 1.67. The average molecular weight is 266 g/mol. The fraction of sp³-hybridized carbons (Fsp3) is 0.333. The minimum atomic E-state index is -0.200. The zero-order valence-electron chi connectivity index (χ0n) is 9.95. The minimum absolute atomic E-state index is 0.124. The Balaban J connectivity index is 2.42. The fourth-order valence-corrected chi connectivity index (χ4v) is 1.92. The lowest BCUT2D eigenvalue weighted by atomic mass is 10.3. The first-order valence-electron chi connectivity index (χ1n) is 5.34. The number of hydrogen-bond donors (Lipinski definition) is 3. The summed E-state index contributed by atoms with van der Waals surface area (Å²) < 4.78 is 0. The van der Waals surface area contributed by atoms with Crippen molar-refractivity contribution in [3.05, 3.63) is 21.9 Å².